The highest BCUT2D eigenvalue weighted by molar-refractivity contribution is 6.02. The molecule has 1 aliphatic heterocycles. The van der Waals surface area contributed by atoms with Crippen LogP contribution in [-0.2, 0) is 0 Å². The van der Waals surface area contributed by atoms with Crippen molar-refractivity contribution in [1.29, 1.82) is 0 Å². The molecule has 0 saturated heterocycles. The number of anilines is 1. The molecule has 6 nitrogen and oxygen atoms in total. The molecule has 2 heterocycles. The molecule has 0 spiro atoms. The van der Waals surface area contributed by atoms with Crippen LogP contribution in [0.4, 0.5) is 5.69 Å². The number of benzene rings is 1. The molecule has 2 N–H and O–H groups in total. The van der Waals surface area contributed by atoms with Crippen LogP contribution < -0.4 is 14.8 Å². The zero-order valence-corrected chi connectivity index (χ0v) is 10.4. The number of rotatable bonds is 2. The first kappa shape index (κ1) is 11.6. The van der Waals surface area contributed by atoms with Gasteiger partial charge in [0.1, 0.15) is 24.7 Å². The molecule has 0 saturated carbocycles. The third-order valence-electron chi connectivity index (χ3n) is 2.75. The standard InChI is InChI=1S/C13H13N3O3/c1-8-14-7-10(15-8)13(17)16-9-2-3-11-12(6-9)19-5-4-18-11/h2-3,6-7H,4-5H2,1H3,(H,14,15)(H,16,17). The molecule has 1 amide bonds. The van der Waals surface area contributed by atoms with Crippen molar-refractivity contribution in [2.45, 2.75) is 6.92 Å². The van der Waals surface area contributed by atoms with E-state index in [4.69, 9.17) is 9.47 Å². The number of H-pyrrole nitrogens is 1. The van der Waals surface area contributed by atoms with Crippen LogP contribution in [-0.4, -0.2) is 29.1 Å². The van der Waals surface area contributed by atoms with Crippen molar-refractivity contribution in [3.8, 4) is 11.5 Å². The molecule has 1 aromatic carbocycles. The Morgan fingerprint density at radius 2 is 2.11 bits per heavy atom. The molecule has 0 atom stereocenters. The van der Waals surface area contributed by atoms with Gasteiger partial charge in [-0.05, 0) is 19.1 Å². The first-order valence-corrected chi connectivity index (χ1v) is 5.95. The normalized spacial score (nSPS) is 13.1. The van der Waals surface area contributed by atoms with Crippen LogP contribution in [0.3, 0.4) is 0 Å². The third-order valence-corrected chi connectivity index (χ3v) is 2.75. The zero-order chi connectivity index (χ0) is 13.2. The number of ether oxygens (including phenoxy) is 2. The van der Waals surface area contributed by atoms with Crippen molar-refractivity contribution >= 4 is 11.6 Å². The van der Waals surface area contributed by atoms with E-state index in [9.17, 15) is 4.79 Å². The van der Waals surface area contributed by atoms with E-state index in [1.807, 2.05) is 0 Å². The van der Waals surface area contributed by atoms with E-state index in [0.717, 1.165) is 0 Å². The summed E-state index contributed by atoms with van der Waals surface area (Å²) >= 11 is 0. The zero-order valence-electron chi connectivity index (χ0n) is 10.4. The third kappa shape index (κ3) is 2.37. The van der Waals surface area contributed by atoms with Gasteiger partial charge < -0.3 is 19.8 Å². The van der Waals surface area contributed by atoms with Crippen molar-refractivity contribution in [3.05, 3.63) is 35.9 Å². The van der Waals surface area contributed by atoms with Crippen LogP contribution in [0.5, 0.6) is 11.5 Å². The number of nitrogens with zero attached hydrogens (tertiary/aromatic N) is 1. The van der Waals surface area contributed by atoms with E-state index in [0.29, 0.717) is 41.9 Å². The second-order valence-electron chi connectivity index (χ2n) is 4.19. The summed E-state index contributed by atoms with van der Waals surface area (Å²) in [6.45, 7) is 2.86. The Labute approximate surface area is 109 Å². The van der Waals surface area contributed by atoms with E-state index >= 15 is 0 Å². The maximum Gasteiger partial charge on any atom is 0.273 e. The maximum absolute atomic E-state index is 11.9. The van der Waals surface area contributed by atoms with Crippen molar-refractivity contribution in [3.63, 3.8) is 0 Å². The van der Waals surface area contributed by atoms with Gasteiger partial charge in [-0.3, -0.25) is 4.79 Å². The number of aryl methyl sites for hydroxylation is 1. The number of amides is 1. The molecular weight excluding hydrogens is 246 g/mol. The lowest BCUT2D eigenvalue weighted by atomic mass is 10.2. The van der Waals surface area contributed by atoms with Crippen LogP contribution in [0.25, 0.3) is 0 Å². The summed E-state index contributed by atoms with van der Waals surface area (Å²) in [6, 6.07) is 5.30. The maximum atomic E-state index is 11.9. The number of hydrogen-bond donors (Lipinski definition) is 2. The topological polar surface area (TPSA) is 76.2 Å². The summed E-state index contributed by atoms with van der Waals surface area (Å²) < 4.78 is 10.9. The van der Waals surface area contributed by atoms with Gasteiger partial charge in [-0.2, -0.15) is 0 Å². The molecule has 3 rings (SSSR count). The Balaban J connectivity index is 1.78. The van der Waals surface area contributed by atoms with Gasteiger partial charge >= 0.3 is 0 Å². The van der Waals surface area contributed by atoms with E-state index < -0.39 is 0 Å². The lowest BCUT2D eigenvalue weighted by Gasteiger charge is -2.18. The molecule has 1 aromatic heterocycles. The number of carbonyl (C=O) groups is 1. The van der Waals surface area contributed by atoms with Crippen molar-refractivity contribution in [2.24, 2.45) is 0 Å². The van der Waals surface area contributed by atoms with Gasteiger partial charge in [-0.15, -0.1) is 0 Å². The number of hydrogen-bond acceptors (Lipinski definition) is 4. The number of aromatic amines is 1. The van der Waals surface area contributed by atoms with Gasteiger partial charge in [0.2, 0.25) is 0 Å². The lowest BCUT2D eigenvalue weighted by molar-refractivity contribution is 0.102. The van der Waals surface area contributed by atoms with Gasteiger partial charge in [0.05, 0.1) is 6.20 Å². The lowest BCUT2D eigenvalue weighted by Crippen LogP contribution is -2.16. The second kappa shape index (κ2) is 4.64. The number of fused-ring (bicyclic) bond motifs is 1. The molecule has 1 aliphatic rings. The predicted molar refractivity (Wildman–Crippen MR) is 68.7 cm³/mol. The predicted octanol–water partition coefficient (Wildman–Crippen LogP) is 1.74. The van der Waals surface area contributed by atoms with Crippen LogP contribution in [0.2, 0.25) is 0 Å². The van der Waals surface area contributed by atoms with Crippen molar-refractivity contribution in [2.75, 3.05) is 18.5 Å². The van der Waals surface area contributed by atoms with E-state index in [2.05, 4.69) is 15.3 Å². The van der Waals surface area contributed by atoms with Crippen LogP contribution in [0, 0.1) is 6.92 Å². The smallest absolute Gasteiger partial charge is 0.273 e. The van der Waals surface area contributed by atoms with Crippen LogP contribution in [0.15, 0.2) is 24.4 Å². The molecule has 0 fully saturated rings. The molecule has 6 heteroatoms. The Bertz CT molecular complexity index is 621. The summed E-state index contributed by atoms with van der Waals surface area (Å²) in [5, 5.41) is 2.78. The largest absolute Gasteiger partial charge is 0.486 e. The summed E-state index contributed by atoms with van der Waals surface area (Å²) in [5.74, 6) is 1.80. The SMILES string of the molecule is Cc1ncc(C(=O)Nc2ccc3c(c2)OCCO3)[nH]1. The molecule has 0 radical (unpaired) electrons. The highest BCUT2D eigenvalue weighted by Gasteiger charge is 2.14. The summed E-state index contributed by atoms with van der Waals surface area (Å²) in [6.07, 6.45) is 1.50. The molecule has 0 unspecified atom stereocenters. The summed E-state index contributed by atoms with van der Waals surface area (Å²) in [5.41, 5.74) is 1.08. The quantitative estimate of drug-likeness (QED) is 0.861. The van der Waals surface area contributed by atoms with E-state index in [1.165, 1.54) is 6.20 Å². The minimum atomic E-state index is -0.239. The Kier molecular flexibility index (Phi) is 2.83. The highest BCUT2D eigenvalue weighted by atomic mass is 16.6. The van der Waals surface area contributed by atoms with Crippen molar-refractivity contribution in [1.82, 2.24) is 9.97 Å². The Morgan fingerprint density at radius 1 is 1.32 bits per heavy atom. The molecule has 98 valence electrons. The fourth-order valence-electron chi connectivity index (χ4n) is 1.86. The fraction of sp³-hybridized carbons (Fsp3) is 0.231. The Hall–Kier alpha value is -2.50. The average Bonchev–Trinajstić information content (AvgIpc) is 2.85. The average molecular weight is 259 g/mol. The fourth-order valence-corrected chi connectivity index (χ4v) is 1.86. The first-order valence-electron chi connectivity index (χ1n) is 5.95. The van der Waals surface area contributed by atoms with Gasteiger partial charge in [0.25, 0.3) is 5.91 Å². The van der Waals surface area contributed by atoms with Gasteiger partial charge in [-0.1, -0.05) is 0 Å². The number of imidazole rings is 1. The van der Waals surface area contributed by atoms with E-state index in [1.54, 1.807) is 25.1 Å². The second-order valence-corrected chi connectivity index (χ2v) is 4.19. The summed E-state index contributed by atoms with van der Waals surface area (Å²) in [7, 11) is 0. The molecule has 0 aliphatic carbocycles. The minimum Gasteiger partial charge on any atom is -0.486 e. The molecule has 19 heavy (non-hydrogen) atoms. The van der Waals surface area contributed by atoms with Crippen molar-refractivity contribution < 1.29 is 14.3 Å². The molecule has 0 bridgehead atoms. The van der Waals surface area contributed by atoms with Gasteiger partial charge in [-0.25, -0.2) is 4.98 Å². The minimum absolute atomic E-state index is 0.239. The molecule has 2 aromatic rings. The number of aromatic nitrogens is 2. The van der Waals surface area contributed by atoms with Gasteiger partial charge in [0.15, 0.2) is 11.5 Å². The van der Waals surface area contributed by atoms with Crippen LogP contribution >= 0.6 is 0 Å². The van der Waals surface area contributed by atoms with Gasteiger partial charge in [0, 0.05) is 11.8 Å². The summed E-state index contributed by atoms with van der Waals surface area (Å²) in [4.78, 5) is 18.8. The van der Waals surface area contributed by atoms with Crippen LogP contribution in [0.1, 0.15) is 16.3 Å². The highest BCUT2D eigenvalue weighted by Crippen LogP contribution is 2.32. The monoisotopic (exact) mass is 259 g/mol. The number of nitrogens with one attached hydrogen (secondary N) is 2. The molecular formula is C13H13N3O3. The first-order chi connectivity index (χ1) is 9.22. The Morgan fingerprint density at radius 3 is 2.84 bits per heavy atom. The van der Waals surface area contributed by atoms with E-state index in [-0.39, 0.29) is 5.91 Å². The number of carbonyl (C=O) groups excluding carboxylic acids is 1.